The molecule has 4 heteroatoms. The van der Waals surface area contributed by atoms with Crippen LogP contribution in [0, 0.1) is 6.92 Å². The lowest BCUT2D eigenvalue weighted by Gasteiger charge is -2.04. The van der Waals surface area contributed by atoms with Gasteiger partial charge in [0, 0.05) is 0 Å². The first kappa shape index (κ1) is 14.1. The summed E-state index contributed by atoms with van der Waals surface area (Å²) >= 11 is 0. The van der Waals surface area contributed by atoms with E-state index in [4.69, 9.17) is 4.42 Å². The van der Waals surface area contributed by atoms with Crippen molar-refractivity contribution in [2.45, 2.75) is 13.8 Å². The van der Waals surface area contributed by atoms with Crippen molar-refractivity contribution in [3.63, 3.8) is 0 Å². The molecule has 0 atom stereocenters. The number of fused-ring (bicyclic) bond motifs is 1. The summed E-state index contributed by atoms with van der Waals surface area (Å²) in [6.45, 7) is 3.65. The van der Waals surface area contributed by atoms with Gasteiger partial charge in [0.2, 0.25) is 0 Å². The summed E-state index contributed by atoms with van der Waals surface area (Å²) in [5.41, 5.74) is 4.22. The number of hydrogen-bond acceptors (Lipinski definition) is 3. The van der Waals surface area contributed by atoms with Gasteiger partial charge in [-0.2, -0.15) is 5.10 Å². The molecule has 0 saturated carbocycles. The fourth-order valence-corrected chi connectivity index (χ4v) is 2.23. The summed E-state index contributed by atoms with van der Waals surface area (Å²) in [4.78, 5) is 11.9. The summed E-state index contributed by atoms with van der Waals surface area (Å²) < 4.78 is 5.26. The number of aryl methyl sites for hydroxylation is 1. The van der Waals surface area contributed by atoms with Crippen LogP contribution in [0.4, 0.5) is 0 Å². The highest BCUT2D eigenvalue weighted by molar-refractivity contribution is 6.03. The van der Waals surface area contributed by atoms with Crippen LogP contribution in [0.2, 0.25) is 0 Å². The quantitative estimate of drug-likeness (QED) is 0.588. The zero-order valence-electron chi connectivity index (χ0n) is 12.5. The normalized spacial score (nSPS) is 11.6. The molecule has 0 aliphatic heterocycles. The summed E-state index contributed by atoms with van der Waals surface area (Å²) in [5.74, 6) is 0.598. The SMILES string of the molecule is C/C(=N\NC(=O)c1ccc(C)o1)c1ccc2ccccc2c1. The molecule has 1 heterocycles. The topological polar surface area (TPSA) is 54.6 Å². The first-order chi connectivity index (χ1) is 10.6. The Bertz CT molecular complexity index is 862. The molecule has 1 N–H and O–H groups in total. The van der Waals surface area contributed by atoms with E-state index in [0.29, 0.717) is 5.76 Å². The predicted molar refractivity (Wildman–Crippen MR) is 87.1 cm³/mol. The molecule has 3 rings (SSSR count). The maximum atomic E-state index is 11.9. The van der Waals surface area contributed by atoms with Gasteiger partial charge in [-0.05, 0) is 48.4 Å². The third-order valence-corrected chi connectivity index (χ3v) is 3.46. The molecule has 1 amide bonds. The molecule has 4 nitrogen and oxygen atoms in total. The van der Waals surface area contributed by atoms with E-state index >= 15 is 0 Å². The minimum atomic E-state index is -0.353. The van der Waals surface area contributed by atoms with Crippen LogP contribution in [0.1, 0.15) is 28.8 Å². The van der Waals surface area contributed by atoms with Crippen LogP contribution in [0.15, 0.2) is 64.1 Å². The number of rotatable bonds is 3. The molecule has 3 aromatic rings. The van der Waals surface area contributed by atoms with Crippen LogP contribution in [-0.2, 0) is 0 Å². The fraction of sp³-hybridized carbons (Fsp3) is 0.111. The maximum Gasteiger partial charge on any atom is 0.307 e. The molecular weight excluding hydrogens is 276 g/mol. The zero-order valence-corrected chi connectivity index (χ0v) is 12.5. The molecule has 0 aliphatic carbocycles. The van der Waals surface area contributed by atoms with Gasteiger partial charge < -0.3 is 4.42 Å². The zero-order chi connectivity index (χ0) is 15.5. The molecular formula is C18H16N2O2. The highest BCUT2D eigenvalue weighted by atomic mass is 16.3. The smallest absolute Gasteiger partial charge is 0.307 e. The van der Waals surface area contributed by atoms with E-state index in [-0.39, 0.29) is 11.7 Å². The van der Waals surface area contributed by atoms with Gasteiger partial charge in [0.25, 0.3) is 0 Å². The van der Waals surface area contributed by atoms with Crippen LogP contribution in [0.5, 0.6) is 0 Å². The molecule has 0 fully saturated rings. The number of hydrogen-bond donors (Lipinski definition) is 1. The minimum absolute atomic E-state index is 0.257. The van der Waals surface area contributed by atoms with Crippen molar-refractivity contribution in [2.75, 3.05) is 0 Å². The lowest BCUT2D eigenvalue weighted by Crippen LogP contribution is -2.18. The van der Waals surface area contributed by atoms with E-state index in [1.54, 1.807) is 19.1 Å². The first-order valence-electron chi connectivity index (χ1n) is 7.04. The predicted octanol–water partition coefficient (Wildman–Crippen LogP) is 3.90. The Morgan fingerprint density at radius 2 is 1.82 bits per heavy atom. The van der Waals surface area contributed by atoms with Crippen LogP contribution >= 0.6 is 0 Å². The number of nitrogens with one attached hydrogen (secondary N) is 1. The maximum absolute atomic E-state index is 11.9. The van der Waals surface area contributed by atoms with E-state index < -0.39 is 0 Å². The van der Waals surface area contributed by atoms with Crippen molar-refractivity contribution in [1.82, 2.24) is 5.43 Å². The van der Waals surface area contributed by atoms with Crippen LogP contribution < -0.4 is 5.43 Å². The molecule has 0 spiro atoms. The molecule has 0 radical (unpaired) electrons. The van der Waals surface area contributed by atoms with Crippen LogP contribution in [-0.4, -0.2) is 11.6 Å². The number of carbonyl (C=O) groups excluding carboxylic acids is 1. The van der Waals surface area contributed by atoms with E-state index in [2.05, 4.69) is 28.7 Å². The van der Waals surface area contributed by atoms with Crippen molar-refractivity contribution < 1.29 is 9.21 Å². The Labute approximate surface area is 128 Å². The van der Waals surface area contributed by atoms with Crippen molar-refractivity contribution in [2.24, 2.45) is 5.10 Å². The molecule has 0 bridgehead atoms. The first-order valence-corrected chi connectivity index (χ1v) is 7.04. The molecule has 1 aromatic heterocycles. The van der Waals surface area contributed by atoms with Crippen molar-refractivity contribution in [1.29, 1.82) is 0 Å². The summed E-state index contributed by atoms with van der Waals surface area (Å²) in [5, 5.41) is 6.46. The van der Waals surface area contributed by atoms with Gasteiger partial charge in [-0.25, -0.2) is 5.43 Å². The van der Waals surface area contributed by atoms with Gasteiger partial charge >= 0.3 is 5.91 Å². The number of carbonyl (C=O) groups is 1. The Morgan fingerprint density at radius 3 is 2.55 bits per heavy atom. The lowest BCUT2D eigenvalue weighted by atomic mass is 10.0. The highest BCUT2D eigenvalue weighted by Gasteiger charge is 2.09. The van der Waals surface area contributed by atoms with E-state index in [0.717, 1.165) is 16.7 Å². The van der Waals surface area contributed by atoms with Crippen molar-refractivity contribution in [3.05, 3.63) is 71.7 Å². The van der Waals surface area contributed by atoms with Crippen LogP contribution in [0.25, 0.3) is 10.8 Å². The number of benzene rings is 2. The second-order valence-corrected chi connectivity index (χ2v) is 5.11. The molecule has 0 saturated heterocycles. The summed E-state index contributed by atoms with van der Waals surface area (Å²) in [7, 11) is 0. The lowest BCUT2D eigenvalue weighted by molar-refractivity contribution is 0.0926. The number of nitrogens with zero attached hydrogens (tertiary/aromatic N) is 1. The van der Waals surface area contributed by atoms with Gasteiger partial charge in [0.1, 0.15) is 5.76 Å². The molecule has 0 aliphatic rings. The monoisotopic (exact) mass is 292 g/mol. The molecule has 2 aromatic carbocycles. The standard InChI is InChI=1S/C18H16N2O2/c1-12-7-10-17(22-12)18(21)20-19-13(2)15-9-8-14-5-3-4-6-16(14)11-15/h3-11H,1-2H3,(H,20,21)/b19-13+. The minimum Gasteiger partial charge on any atom is -0.456 e. The molecule has 0 unspecified atom stereocenters. The number of hydrazone groups is 1. The van der Waals surface area contributed by atoms with E-state index in [9.17, 15) is 4.79 Å². The van der Waals surface area contributed by atoms with Gasteiger partial charge in [0.15, 0.2) is 5.76 Å². The van der Waals surface area contributed by atoms with Gasteiger partial charge in [-0.3, -0.25) is 4.79 Å². The molecule has 110 valence electrons. The largest absolute Gasteiger partial charge is 0.456 e. The second kappa shape index (κ2) is 5.85. The van der Waals surface area contributed by atoms with Crippen molar-refractivity contribution >= 4 is 22.4 Å². The Kier molecular flexibility index (Phi) is 3.74. The second-order valence-electron chi connectivity index (χ2n) is 5.11. The Balaban J connectivity index is 1.79. The third kappa shape index (κ3) is 2.91. The summed E-state index contributed by atoms with van der Waals surface area (Å²) in [6.07, 6.45) is 0. The Hall–Kier alpha value is -2.88. The highest BCUT2D eigenvalue weighted by Crippen LogP contribution is 2.16. The van der Waals surface area contributed by atoms with Crippen molar-refractivity contribution in [3.8, 4) is 0 Å². The summed E-state index contributed by atoms with van der Waals surface area (Å²) in [6, 6.07) is 17.6. The average molecular weight is 292 g/mol. The average Bonchev–Trinajstić information content (AvgIpc) is 2.98. The van der Waals surface area contributed by atoms with Crippen LogP contribution in [0.3, 0.4) is 0 Å². The van der Waals surface area contributed by atoms with E-state index in [1.165, 1.54) is 5.39 Å². The number of furan rings is 1. The van der Waals surface area contributed by atoms with Gasteiger partial charge in [0.05, 0.1) is 5.71 Å². The van der Waals surface area contributed by atoms with Gasteiger partial charge in [-0.1, -0.05) is 36.4 Å². The molecule has 22 heavy (non-hydrogen) atoms. The fourth-order valence-electron chi connectivity index (χ4n) is 2.23. The van der Waals surface area contributed by atoms with Gasteiger partial charge in [-0.15, -0.1) is 0 Å². The third-order valence-electron chi connectivity index (χ3n) is 3.46. The number of amides is 1. The Morgan fingerprint density at radius 1 is 1.05 bits per heavy atom. The van der Waals surface area contributed by atoms with E-state index in [1.807, 2.05) is 31.2 Å².